The van der Waals surface area contributed by atoms with Crippen LogP contribution in [0, 0.1) is 0 Å². The number of rotatable bonds is 11. The molecular weight excluding hydrogens is 430 g/mol. The number of carbonyl (C=O) groups excluding carboxylic acids is 1. The van der Waals surface area contributed by atoms with Gasteiger partial charge in [0.1, 0.15) is 5.75 Å². The van der Waals surface area contributed by atoms with Crippen molar-refractivity contribution in [2.24, 2.45) is 4.99 Å². The first-order chi connectivity index (χ1) is 15.3. The number of hydrogen-bond acceptors (Lipinski definition) is 6. The molecule has 1 aliphatic heterocycles. The maximum Gasteiger partial charge on any atom is 0.257 e. The van der Waals surface area contributed by atoms with Gasteiger partial charge in [-0.05, 0) is 48.9 Å². The van der Waals surface area contributed by atoms with E-state index in [1.807, 2.05) is 6.08 Å². The fourth-order valence-corrected chi connectivity index (χ4v) is 3.88. The van der Waals surface area contributed by atoms with Crippen molar-refractivity contribution < 1.29 is 22.7 Å². The zero-order chi connectivity index (χ0) is 23.0. The molecule has 8 nitrogen and oxygen atoms in total. The molecule has 0 aliphatic carbocycles. The summed E-state index contributed by atoms with van der Waals surface area (Å²) < 4.78 is 36.5. The third-order valence-electron chi connectivity index (χ3n) is 4.95. The summed E-state index contributed by atoms with van der Waals surface area (Å²) in [5.41, 5.74) is 0.733. The number of amides is 1. The van der Waals surface area contributed by atoms with Gasteiger partial charge in [0.25, 0.3) is 5.91 Å². The van der Waals surface area contributed by atoms with Crippen LogP contribution in [0.25, 0.3) is 0 Å². The fraction of sp³-hybridized carbons (Fsp3) is 0.304. The number of sulfonamides is 1. The van der Waals surface area contributed by atoms with E-state index in [4.69, 9.17) is 9.47 Å². The van der Waals surface area contributed by atoms with E-state index in [0.717, 1.165) is 19.1 Å². The van der Waals surface area contributed by atoms with Crippen molar-refractivity contribution in [1.82, 2.24) is 0 Å². The number of anilines is 2. The standard InChI is InChI=1S/C23H27N3O5S/c1-30-16-13-23(12-5-15-24-23)14-17-31-19-10-8-18(9-11-19)25-22(27)20-6-3-4-7-21(20)26-32(2,28)29/h3-12,15,26H,13-14,16-17H2,1-2H3,(H,25,27). The van der Waals surface area contributed by atoms with Gasteiger partial charge >= 0.3 is 0 Å². The van der Waals surface area contributed by atoms with Crippen LogP contribution in [-0.4, -0.2) is 52.7 Å². The molecule has 9 heteroatoms. The molecule has 2 N–H and O–H groups in total. The summed E-state index contributed by atoms with van der Waals surface area (Å²) in [6.07, 6.45) is 8.37. The summed E-state index contributed by atoms with van der Waals surface area (Å²) in [5.74, 6) is 0.256. The van der Waals surface area contributed by atoms with Gasteiger partial charge in [0.05, 0.1) is 29.7 Å². The van der Waals surface area contributed by atoms with Crippen LogP contribution in [0.4, 0.5) is 11.4 Å². The van der Waals surface area contributed by atoms with Gasteiger partial charge in [-0.15, -0.1) is 0 Å². The van der Waals surface area contributed by atoms with Gasteiger partial charge in [-0.25, -0.2) is 8.42 Å². The third-order valence-corrected chi connectivity index (χ3v) is 5.54. The first-order valence-electron chi connectivity index (χ1n) is 10.1. The second-order valence-electron chi connectivity index (χ2n) is 7.48. The van der Waals surface area contributed by atoms with E-state index in [1.54, 1.807) is 55.8 Å². The molecule has 0 radical (unpaired) electrons. The maximum absolute atomic E-state index is 12.6. The third kappa shape index (κ3) is 6.66. The SMILES string of the molecule is COCCC1(CCOc2ccc(NC(=O)c3ccccc3NS(C)(=O)=O)cc2)C=CC=N1. The van der Waals surface area contributed by atoms with Gasteiger partial charge in [-0.3, -0.25) is 14.5 Å². The highest BCUT2D eigenvalue weighted by Crippen LogP contribution is 2.27. The van der Waals surface area contributed by atoms with Crippen molar-refractivity contribution in [2.75, 3.05) is 36.6 Å². The van der Waals surface area contributed by atoms with E-state index < -0.39 is 15.9 Å². The smallest absolute Gasteiger partial charge is 0.257 e. The van der Waals surface area contributed by atoms with Crippen molar-refractivity contribution in [3.63, 3.8) is 0 Å². The molecule has 1 heterocycles. The first kappa shape index (κ1) is 23.5. The van der Waals surface area contributed by atoms with Gasteiger partial charge in [-0.2, -0.15) is 0 Å². The molecule has 0 aromatic heterocycles. The summed E-state index contributed by atoms with van der Waals surface area (Å²) in [4.78, 5) is 17.2. The molecule has 0 spiro atoms. The molecule has 1 amide bonds. The van der Waals surface area contributed by atoms with Crippen molar-refractivity contribution >= 4 is 33.5 Å². The molecule has 32 heavy (non-hydrogen) atoms. The number of nitrogens with one attached hydrogen (secondary N) is 2. The van der Waals surface area contributed by atoms with Gasteiger partial charge < -0.3 is 14.8 Å². The normalized spacial score (nSPS) is 17.3. The minimum atomic E-state index is -3.50. The van der Waals surface area contributed by atoms with Gasteiger partial charge in [0.15, 0.2) is 0 Å². The Morgan fingerprint density at radius 3 is 2.44 bits per heavy atom. The number of hydrogen-bond donors (Lipinski definition) is 2. The highest BCUT2D eigenvalue weighted by atomic mass is 32.2. The maximum atomic E-state index is 12.6. The average Bonchev–Trinajstić information content (AvgIpc) is 3.22. The van der Waals surface area contributed by atoms with Crippen molar-refractivity contribution in [3.8, 4) is 5.75 Å². The number of aliphatic imine (C=N–C) groups is 1. The summed E-state index contributed by atoms with van der Waals surface area (Å²) in [6, 6.07) is 13.4. The van der Waals surface area contributed by atoms with Crippen molar-refractivity contribution in [3.05, 3.63) is 66.2 Å². The van der Waals surface area contributed by atoms with Crippen LogP contribution in [0.5, 0.6) is 5.75 Å². The van der Waals surface area contributed by atoms with Crippen LogP contribution >= 0.6 is 0 Å². The monoisotopic (exact) mass is 457 g/mol. The number of nitrogens with zero attached hydrogens (tertiary/aromatic N) is 1. The number of para-hydroxylation sites is 1. The molecule has 170 valence electrons. The molecule has 0 saturated carbocycles. The Bertz CT molecular complexity index is 1080. The predicted octanol–water partition coefficient (Wildman–Crippen LogP) is 3.50. The Balaban J connectivity index is 1.57. The van der Waals surface area contributed by atoms with E-state index in [-0.39, 0.29) is 16.8 Å². The largest absolute Gasteiger partial charge is 0.493 e. The molecular formula is C23H27N3O5S. The van der Waals surface area contributed by atoms with E-state index in [0.29, 0.717) is 24.7 Å². The summed E-state index contributed by atoms with van der Waals surface area (Å²) in [5, 5.41) is 2.77. The van der Waals surface area contributed by atoms with Gasteiger partial charge in [0, 0.05) is 32.0 Å². The van der Waals surface area contributed by atoms with Gasteiger partial charge in [0.2, 0.25) is 10.0 Å². The van der Waals surface area contributed by atoms with Crippen LogP contribution in [0.15, 0.2) is 65.7 Å². The molecule has 0 bridgehead atoms. The quantitative estimate of drug-likeness (QED) is 0.537. The molecule has 3 rings (SSSR count). The molecule has 0 saturated heterocycles. The van der Waals surface area contributed by atoms with E-state index >= 15 is 0 Å². The lowest BCUT2D eigenvalue weighted by Crippen LogP contribution is -2.26. The summed E-state index contributed by atoms with van der Waals surface area (Å²) in [7, 11) is -1.83. The molecule has 1 unspecified atom stereocenters. The van der Waals surface area contributed by atoms with E-state index in [9.17, 15) is 13.2 Å². The van der Waals surface area contributed by atoms with Crippen molar-refractivity contribution in [1.29, 1.82) is 0 Å². The van der Waals surface area contributed by atoms with E-state index in [2.05, 4.69) is 21.1 Å². The first-order valence-corrected chi connectivity index (χ1v) is 12.0. The Labute approximate surface area is 188 Å². The van der Waals surface area contributed by atoms with Crippen molar-refractivity contribution in [2.45, 2.75) is 18.4 Å². The number of allylic oxidation sites excluding steroid dienone is 1. The lowest BCUT2D eigenvalue weighted by molar-refractivity contribution is 0.102. The average molecular weight is 458 g/mol. The second-order valence-corrected chi connectivity index (χ2v) is 9.23. The Kier molecular flexibility index (Phi) is 7.66. The van der Waals surface area contributed by atoms with Crippen LogP contribution < -0.4 is 14.8 Å². The van der Waals surface area contributed by atoms with Crippen LogP contribution in [-0.2, 0) is 14.8 Å². The lowest BCUT2D eigenvalue weighted by atomic mass is 9.93. The molecule has 1 atom stereocenters. The minimum absolute atomic E-state index is 0.221. The molecule has 2 aromatic carbocycles. The number of carbonyl (C=O) groups is 1. The number of ether oxygens (including phenoxy) is 2. The van der Waals surface area contributed by atoms with E-state index in [1.165, 1.54) is 6.07 Å². The minimum Gasteiger partial charge on any atom is -0.493 e. The highest BCUT2D eigenvalue weighted by molar-refractivity contribution is 7.92. The zero-order valence-corrected chi connectivity index (χ0v) is 18.9. The predicted molar refractivity (Wildman–Crippen MR) is 126 cm³/mol. The molecule has 2 aromatic rings. The highest BCUT2D eigenvalue weighted by Gasteiger charge is 2.27. The number of methoxy groups -OCH3 is 1. The summed E-state index contributed by atoms with van der Waals surface area (Å²) >= 11 is 0. The lowest BCUT2D eigenvalue weighted by Gasteiger charge is -2.24. The Hall–Kier alpha value is -3.17. The Morgan fingerprint density at radius 2 is 1.78 bits per heavy atom. The Morgan fingerprint density at radius 1 is 1.06 bits per heavy atom. The molecule has 1 aliphatic rings. The second kappa shape index (κ2) is 10.4. The van der Waals surface area contributed by atoms with Crippen LogP contribution in [0.2, 0.25) is 0 Å². The van der Waals surface area contributed by atoms with Crippen LogP contribution in [0.1, 0.15) is 23.2 Å². The van der Waals surface area contributed by atoms with Crippen LogP contribution in [0.3, 0.4) is 0 Å². The topological polar surface area (TPSA) is 106 Å². The number of benzene rings is 2. The zero-order valence-electron chi connectivity index (χ0n) is 18.1. The van der Waals surface area contributed by atoms with Gasteiger partial charge in [-0.1, -0.05) is 18.2 Å². The fourth-order valence-electron chi connectivity index (χ4n) is 3.30. The summed E-state index contributed by atoms with van der Waals surface area (Å²) in [6.45, 7) is 1.11. The molecule has 0 fully saturated rings.